The first-order valence-corrected chi connectivity index (χ1v) is 10.0. The van der Waals surface area contributed by atoms with Gasteiger partial charge in [0.2, 0.25) is 11.8 Å². The molecule has 0 saturated heterocycles. The van der Waals surface area contributed by atoms with Gasteiger partial charge in [-0.15, -0.1) is 10.2 Å². The van der Waals surface area contributed by atoms with Gasteiger partial charge in [0.15, 0.2) is 0 Å². The van der Waals surface area contributed by atoms with Gasteiger partial charge in [0.1, 0.15) is 16.2 Å². The van der Waals surface area contributed by atoms with Crippen molar-refractivity contribution in [3.8, 4) is 23.6 Å². The Hall–Kier alpha value is -2.92. The largest absolute Gasteiger partial charge is 0.418 e. The summed E-state index contributed by atoms with van der Waals surface area (Å²) in [6, 6.07) is 15.4. The van der Waals surface area contributed by atoms with Gasteiger partial charge in [-0.05, 0) is 65.1 Å². The summed E-state index contributed by atoms with van der Waals surface area (Å²) in [4.78, 5) is 0. The van der Waals surface area contributed by atoms with Gasteiger partial charge < -0.3 is 14.1 Å². The van der Waals surface area contributed by atoms with Crippen LogP contribution >= 0.6 is 34.2 Å². The first kappa shape index (κ1) is 19.4. The molecule has 7 nitrogen and oxygen atoms in total. The van der Waals surface area contributed by atoms with Crippen LogP contribution in [0.25, 0.3) is 22.4 Å². The number of rotatable bonds is 4. The lowest BCUT2D eigenvalue weighted by Gasteiger charge is -2.18. The topological polar surface area (TPSA) is 112 Å². The Morgan fingerprint density at radius 3 is 2.48 bits per heavy atom. The van der Waals surface area contributed by atoms with Crippen LogP contribution < -0.4 is 0 Å². The van der Waals surface area contributed by atoms with Crippen LogP contribution in [0, 0.1) is 22.7 Å². The zero-order chi connectivity index (χ0) is 20.5. The second-order valence-electron chi connectivity index (χ2n) is 6.15. The van der Waals surface area contributed by atoms with Gasteiger partial charge >= 0.3 is 0 Å². The molecule has 0 unspecified atom stereocenters. The Labute approximate surface area is 183 Å². The maximum Gasteiger partial charge on any atom is 0.247 e. The van der Waals surface area contributed by atoms with Crippen LogP contribution in [0.15, 0.2) is 53.1 Å². The molecule has 0 bridgehead atoms. The number of aliphatic hydroxyl groups excluding tert-OH is 1. The van der Waals surface area contributed by atoms with E-state index in [-0.39, 0.29) is 11.8 Å². The van der Waals surface area contributed by atoms with Crippen molar-refractivity contribution >= 4 is 45.1 Å². The molecule has 0 spiro atoms. The zero-order valence-corrected chi connectivity index (χ0v) is 17.5. The van der Waals surface area contributed by atoms with Gasteiger partial charge in [-0.1, -0.05) is 11.6 Å². The number of aromatic nitrogens is 3. The molecule has 0 fully saturated rings. The van der Waals surface area contributed by atoms with Crippen LogP contribution in [-0.4, -0.2) is 24.0 Å². The summed E-state index contributed by atoms with van der Waals surface area (Å²) in [6.45, 7) is 0. The highest BCUT2D eigenvalue weighted by molar-refractivity contribution is 14.1. The molecule has 0 aliphatic heterocycles. The molecule has 0 aliphatic rings. The molecular weight excluding hydrogens is 505 g/mol. The number of halogens is 2. The molecule has 29 heavy (non-hydrogen) atoms. The fourth-order valence-electron chi connectivity index (χ4n) is 3.06. The van der Waals surface area contributed by atoms with Crippen LogP contribution in [0.1, 0.15) is 23.1 Å². The molecule has 1 N–H and O–H groups in total. The Kier molecular flexibility index (Phi) is 5.24. The first-order chi connectivity index (χ1) is 14.0. The number of fused-ring (bicyclic) bond motifs is 1. The van der Waals surface area contributed by atoms with E-state index in [1.165, 1.54) is 0 Å². The van der Waals surface area contributed by atoms with E-state index < -0.39 is 10.2 Å². The normalized spacial score (nSPS) is 13.0. The van der Waals surface area contributed by atoms with Crippen molar-refractivity contribution in [2.24, 2.45) is 0 Å². The molecule has 2 atom stereocenters. The number of nitriles is 2. The van der Waals surface area contributed by atoms with Crippen molar-refractivity contribution in [1.29, 1.82) is 10.5 Å². The summed E-state index contributed by atoms with van der Waals surface area (Å²) in [5.74, 6) is 0.511. The number of benzene rings is 2. The molecule has 0 aliphatic carbocycles. The minimum atomic E-state index is -0.869. The van der Waals surface area contributed by atoms with Gasteiger partial charge in [0.05, 0.1) is 27.7 Å². The Morgan fingerprint density at radius 1 is 1.07 bits per heavy atom. The number of nitrogens with zero attached hydrogens (tertiary/aromatic N) is 5. The number of hydrogen-bond acceptors (Lipinski definition) is 6. The lowest BCUT2D eigenvalue weighted by molar-refractivity contribution is 0.213. The van der Waals surface area contributed by atoms with Gasteiger partial charge in [-0.3, -0.25) is 0 Å². The average molecular weight is 516 g/mol. The maximum atomic E-state index is 10.4. The van der Waals surface area contributed by atoms with E-state index in [1.807, 2.05) is 22.6 Å². The Balaban J connectivity index is 1.77. The van der Waals surface area contributed by atoms with Gasteiger partial charge in [-0.25, -0.2) is 0 Å². The SMILES string of the molecule is N#Cc1ccc(-c2nnc([C@H]([C@@H](O)I)n3ccc4c(Cl)c(C#N)ccc43)o2)cc1. The fraction of sp³-hybridized carbons (Fsp3) is 0.100. The Morgan fingerprint density at radius 2 is 1.83 bits per heavy atom. The van der Waals surface area contributed by atoms with Crippen molar-refractivity contribution in [2.75, 3.05) is 0 Å². The Bertz CT molecular complexity index is 1280. The molecular formula is C20H11ClIN5O2. The zero-order valence-electron chi connectivity index (χ0n) is 14.6. The van der Waals surface area contributed by atoms with Crippen LogP contribution in [0.3, 0.4) is 0 Å². The summed E-state index contributed by atoms with van der Waals surface area (Å²) in [6.07, 6.45) is 1.76. The van der Waals surface area contributed by atoms with Gasteiger partial charge in [-0.2, -0.15) is 10.5 Å². The summed E-state index contributed by atoms with van der Waals surface area (Å²) in [5, 5.41) is 37.8. The second kappa shape index (κ2) is 7.84. The quantitative estimate of drug-likeness (QED) is 0.318. The van der Waals surface area contributed by atoms with E-state index in [1.54, 1.807) is 53.2 Å². The van der Waals surface area contributed by atoms with E-state index in [0.29, 0.717) is 27.1 Å². The fourth-order valence-corrected chi connectivity index (χ4v) is 3.98. The van der Waals surface area contributed by atoms with Gasteiger partial charge in [0.25, 0.3) is 0 Å². The highest BCUT2D eigenvalue weighted by atomic mass is 127. The highest BCUT2D eigenvalue weighted by Gasteiger charge is 2.28. The number of alkyl halides is 1. The molecule has 4 aromatic rings. The monoisotopic (exact) mass is 515 g/mol. The van der Waals surface area contributed by atoms with Crippen molar-refractivity contribution in [3.63, 3.8) is 0 Å². The molecule has 0 saturated carbocycles. The molecule has 0 radical (unpaired) electrons. The summed E-state index contributed by atoms with van der Waals surface area (Å²) in [5.41, 5.74) is 2.31. The molecule has 2 heterocycles. The predicted octanol–water partition coefficient (Wildman–Crippen LogP) is 4.43. The molecule has 9 heteroatoms. The van der Waals surface area contributed by atoms with Crippen LogP contribution in [0.2, 0.25) is 5.02 Å². The van der Waals surface area contributed by atoms with E-state index in [4.69, 9.17) is 21.3 Å². The highest BCUT2D eigenvalue weighted by Crippen LogP contribution is 2.34. The van der Waals surface area contributed by atoms with Crippen LogP contribution in [0.4, 0.5) is 0 Å². The lowest BCUT2D eigenvalue weighted by atomic mass is 10.1. The minimum absolute atomic E-state index is 0.226. The summed E-state index contributed by atoms with van der Waals surface area (Å²) >= 11 is 8.20. The van der Waals surface area contributed by atoms with E-state index >= 15 is 0 Å². The molecule has 142 valence electrons. The summed E-state index contributed by atoms with van der Waals surface area (Å²) < 4.78 is 6.76. The van der Waals surface area contributed by atoms with Crippen molar-refractivity contribution < 1.29 is 9.52 Å². The van der Waals surface area contributed by atoms with Crippen LogP contribution in [-0.2, 0) is 0 Å². The maximum absolute atomic E-state index is 10.4. The third-order valence-electron chi connectivity index (χ3n) is 4.47. The molecule has 2 aromatic carbocycles. The van der Waals surface area contributed by atoms with Crippen molar-refractivity contribution in [3.05, 3.63) is 70.7 Å². The molecule has 4 rings (SSSR count). The predicted molar refractivity (Wildman–Crippen MR) is 114 cm³/mol. The minimum Gasteiger partial charge on any atom is -0.418 e. The third kappa shape index (κ3) is 3.47. The van der Waals surface area contributed by atoms with E-state index in [0.717, 1.165) is 5.52 Å². The van der Waals surface area contributed by atoms with E-state index in [9.17, 15) is 10.4 Å². The smallest absolute Gasteiger partial charge is 0.247 e. The van der Waals surface area contributed by atoms with Gasteiger partial charge in [0, 0.05) is 17.1 Å². The number of hydrogen-bond donors (Lipinski definition) is 1. The molecule has 2 aromatic heterocycles. The number of aliphatic hydroxyl groups is 1. The average Bonchev–Trinajstić information content (AvgIpc) is 3.37. The lowest BCUT2D eigenvalue weighted by Crippen LogP contribution is -2.20. The second-order valence-corrected chi connectivity index (χ2v) is 7.80. The van der Waals surface area contributed by atoms with Crippen molar-refractivity contribution in [2.45, 2.75) is 10.2 Å². The summed E-state index contributed by atoms with van der Waals surface area (Å²) in [7, 11) is 0. The van der Waals surface area contributed by atoms with Crippen LogP contribution in [0.5, 0.6) is 0 Å². The van der Waals surface area contributed by atoms with Crippen molar-refractivity contribution in [1.82, 2.24) is 14.8 Å². The van der Waals surface area contributed by atoms with E-state index in [2.05, 4.69) is 22.3 Å². The third-order valence-corrected chi connectivity index (χ3v) is 5.56. The molecule has 0 amide bonds. The standard InChI is InChI=1S/C20H11ClIN5O2/c21-16-13(10-24)5-6-15-14(16)7-8-27(15)17(18(22)28)20-26-25-19(29-20)12-3-1-11(9-23)2-4-12/h1-8,17-18,28H/t17-,18+/m0/s1. The first-order valence-electron chi connectivity index (χ1n) is 8.38.